The molecular formula is C29H20N2S. The monoisotopic (exact) mass is 428 g/mol. The Hall–Kier alpha value is -3.82. The number of rotatable bonds is 3. The smallest absolute Gasteiger partial charge is 0.160 e. The summed E-state index contributed by atoms with van der Waals surface area (Å²) < 4.78 is 2.57. The van der Waals surface area contributed by atoms with Crippen LogP contribution in [0, 0.1) is 6.92 Å². The zero-order valence-electron chi connectivity index (χ0n) is 17.6. The normalized spacial score (nSPS) is 11.3. The van der Waals surface area contributed by atoms with Crippen LogP contribution < -0.4 is 0 Å². The third-order valence-electron chi connectivity index (χ3n) is 5.76. The number of fused-ring (bicyclic) bond motifs is 3. The van der Waals surface area contributed by atoms with Crippen molar-refractivity contribution < 1.29 is 0 Å². The van der Waals surface area contributed by atoms with Crippen LogP contribution >= 0.6 is 11.3 Å². The molecule has 0 radical (unpaired) electrons. The molecule has 0 aliphatic carbocycles. The first-order chi connectivity index (χ1) is 15.7. The van der Waals surface area contributed by atoms with E-state index >= 15 is 0 Å². The summed E-state index contributed by atoms with van der Waals surface area (Å²) in [4.78, 5) is 9.73. The second-order valence-corrected chi connectivity index (χ2v) is 9.06. The van der Waals surface area contributed by atoms with Gasteiger partial charge in [0.15, 0.2) is 5.82 Å². The number of thiophene rings is 1. The van der Waals surface area contributed by atoms with Crippen LogP contribution in [0.4, 0.5) is 0 Å². The molecule has 2 aromatic heterocycles. The fourth-order valence-electron chi connectivity index (χ4n) is 4.20. The molecule has 6 rings (SSSR count). The van der Waals surface area contributed by atoms with Gasteiger partial charge in [-0.25, -0.2) is 9.97 Å². The number of hydrogen-bond acceptors (Lipinski definition) is 3. The van der Waals surface area contributed by atoms with Crippen LogP contribution in [0.25, 0.3) is 53.9 Å². The summed E-state index contributed by atoms with van der Waals surface area (Å²) in [5.74, 6) is 0.768. The van der Waals surface area contributed by atoms with Crippen molar-refractivity contribution in [3.05, 3.63) is 109 Å². The van der Waals surface area contributed by atoms with Gasteiger partial charge in [0.2, 0.25) is 0 Å². The van der Waals surface area contributed by atoms with Crippen molar-refractivity contribution in [2.24, 2.45) is 0 Å². The van der Waals surface area contributed by atoms with E-state index in [1.165, 1.54) is 31.3 Å². The van der Waals surface area contributed by atoms with Crippen LogP contribution in [-0.4, -0.2) is 9.97 Å². The van der Waals surface area contributed by atoms with Gasteiger partial charge in [-0.15, -0.1) is 11.3 Å². The van der Waals surface area contributed by atoms with Gasteiger partial charge < -0.3 is 0 Å². The zero-order chi connectivity index (χ0) is 21.5. The third-order valence-corrected chi connectivity index (χ3v) is 6.89. The summed E-state index contributed by atoms with van der Waals surface area (Å²) in [5, 5.41) is 2.60. The first kappa shape index (κ1) is 18.9. The van der Waals surface area contributed by atoms with Crippen LogP contribution in [0.2, 0.25) is 0 Å². The van der Waals surface area contributed by atoms with E-state index in [0.717, 1.165) is 28.3 Å². The van der Waals surface area contributed by atoms with E-state index in [4.69, 9.17) is 9.97 Å². The van der Waals surface area contributed by atoms with Crippen molar-refractivity contribution in [3.8, 4) is 33.8 Å². The Labute approximate surface area is 190 Å². The summed E-state index contributed by atoms with van der Waals surface area (Å²) in [6, 6.07) is 36.2. The topological polar surface area (TPSA) is 25.8 Å². The maximum atomic E-state index is 4.96. The van der Waals surface area contributed by atoms with Gasteiger partial charge in [0.25, 0.3) is 0 Å². The largest absolute Gasteiger partial charge is 0.233 e. The lowest BCUT2D eigenvalue weighted by molar-refractivity contribution is 1.12. The first-order valence-electron chi connectivity index (χ1n) is 10.7. The first-order valence-corrected chi connectivity index (χ1v) is 11.5. The Morgan fingerprint density at radius 1 is 0.531 bits per heavy atom. The highest BCUT2D eigenvalue weighted by Gasteiger charge is 2.11. The van der Waals surface area contributed by atoms with E-state index in [0.29, 0.717) is 0 Å². The van der Waals surface area contributed by atoms with Gasteiger partial charge in [0.05, 0.1) is 5.69 Å². The number of aromatic nitrogens is 2. The lowest BCUT2D eigenvalue weighted by atomic mass is 10.0. The molecule has 0 unspecified atom stereocenters. The predicted octanol–water partition coefficient (Wildman–Crippen LogP) is 8.15. The van der Waals surface area contributed by atoms with Crippen molar-refractivity contribution in [1.82, 2.24) is 9.97 Å². The summed E-state index contributed by atoms with van der Waals surface area (Å²) in [6.07, 6.45) is 0. The average molecular weight is 429 g/mol. The molecule has 0 atom stereocenters. The van der Waals surface area contributed by atoms with E-state index < -0.39 is 0 Å². The summed E-state index contributed by atoms with van der Waals surface area (Å²) in [6.45, 7) is 2.04. The molecule has 0 amide bonds. The molecule has 0 spiro atoms. The van der Waals surface area contributed by atoms with Gasteiger partial charge in [-0.05, 0) is 42.3 Å². The zero-order valence-corrected chi connectivity index (χ0v) is 18.4. The minimum Gasteiger partial charge on any atom is -0.233 e. The molecule has 0 N–H and O–H groups in total. The molecule has 6 aromatic rings. The van der Waals surface area contributed by atoms with Crippen molar-refractivity contribution >= 4 is 31.5 Å². The highest BCUT2D eigenvalue weighted by molar-refractivity contribution is 7.25. The van der Waals surface area contributed by atoms with Crippen molar-refractivity contribution in [2.45, 2.75) is 6.92 Å². The van der Waals surface area contributed by atoms with Crippen LogP contribution in [0.15, 0.2) is 103 Å². The highest BCUT2D eigenvalue weighted by atomic mass is 32.1. The van der Waals surface area contributed by atoms with Gasteiger partial charge >= 0.3 is 0 Å². The van der Waals surface area contributed by atoms with Crippen LogP contribution in [-0.2, 0) is 0 Å². The second-order valence-electron chi connectivity index (χ2n) is 7.97. The molecule has 32 heavy (non-hydrogen) atoms. The van der Waals surface area contributed by atoms with Gasteiger partial charge in [0, 0.05) is 37.0 Å². The molecule has 0 fully saturated rings. The quantitative estimate of drug-likeness (QED) is 0.284. The minimum absolute atomic E-state index is 0.768. The Morgan fingerprint density at radius 3 is 2.19 bits per heavy atom. The highest BCUT2D eigenvalue weighted by Crippen LogP contribution is 2.36. The molecule has 2 nitrogen and oxygen atoms in total. The van der Waals surface area contributed by atoms with Crippen molar-refractivity contribution in [1.29, 1.82) is 0 Å². The fourth-order valence-corrected chi connectivity index (χ4v) is 5.34. The molecule has 152 valence electrons. The minimum atomic E-state index is 0.768. The molecule has 0 saturated heterocycles. The van der Waals surface area contributed by atoms with Crippen LogP contribution in [0.5, 0.6) is 0 Å². The number of hydrogen-bond donors (Lipinski definition) is 0. The predicted molar refractivity (Wildman–Crippen MR) is 136 cm³/mol. The van der Waals surface area contributed by atoms with E-state index in [2.05, 4.69) is 97.1 Å². The Bertz CT molecular complexity index is 1580. The van der Waals surface area contributed by atoms with E-state index in [1.54, 1.807) is 0 Å². The maximum absolute atomic E-state index is 4.96. The van der Waals surface area contributed by atoms with Crippen molar-refractivity contribution in [2.75, 3.05) is 0 Å². The summed E-state index contributed by atoms with van der Waals surface area (Å²) in [5.41, 5.74) is 6.45. The molecule has 3 heteroatoms. The summed E-state index contributed by atoms with van der Waals surface area (Å²) in [7, 11) is 0. The van der Waals surface area contributed by atoms with E-state index in [1.807, 2.05) is 24.3 Å². The molecule has 0 bridgehead atoms. The molecular weight excluding hydrogens is 408 g/mol. The molecule has 0 aliphatic rings. The lowest BCUT2D eigenvalue weighted by Crippen LogP contribution is -1.95. The molecule has 0 aliphatic heterocycles. The van der Waals surface area contributed by atoms with Crippen LogP contribution in [0.1, 0.15) is 5.69 Å². The Balaban J connectivity index is 1.45. The summed E-state index contributed by atoms with van der Waals surface area (Å²) >= 11 is 1.82. The van der Waals surface area contributed by atoms with Gasteiger partial charge in [-0.2, -0.15) is 0 Å². The van der Waals surface area contributed by atoms with Crippen molar-refractivity contribution in [3.63, 3.8) is 0 Å². The van der Waals surface area contributed by atoms with E-state index in [9.17, 15) is 0 Å². The lowest BCUT2D eigenvalue weighted by Gasteiger charge is -2.09. The SMILES string of the molecule is Cc1cc(-c2cccc(-c3ccccc3)c2)nc(-c2ccc3c(c2)sc2ccccc23)n1. The number of benzene rings is 4. The van der Waals surface area contributed by atoms with Gasteiger partial charge in [0.1, 0.15) is 0 Å². The number of nitrogens with zero attached hydrogens (tertiary/aromatic N) is 2. The van der Waals surface area contributed by atoms with Crippen LogP contribution in [0.3, 0.4) is 0 Å². The maximum Gasteiger partial charge on any atom is 0.160 e. The van der Waals surface area contributed by atoms with Gasteiger partial charge in [-0.3, -0.25) is 0 Å². The van der Waals surface area contributed by atoms with Gasteiger partial charge in [-0.1, -0.05) is 78.9 Å². The third kappa shape index (κ3) is 3.37. The van der Waals surface area contributed by atoms with E-state index in [-0.39, 0.29) is 0 Å². The average Bonchev–Trinajstić information content (AvgIpc) is 3.22. The Morgan fingerprint density at radius 2 is 1.28 bits per heavy atom. The molecule has 4 aromatic carbocycles. The Kier molecular flexibility index (Phi) is 4.55. The standard InChI is InChI=1S/C29H20N2S/c1-19-16-26(22-11-7-10-21(17-22)20-8-3-2-4-9-20)31-29(30-19)23-14-15-25-24-12-5-6-13-27(24)32-28(25)18-23/h2-18H,1H3. The molecule has 0 saturated carbocycles. The second kappa shape index (κ2) is 7.70. The number of aryl methyl sites for hydroxylation is 1. The molecule has 2 heterocycles. The fraction of sp³-hybridized carbons (Fsp3) is 0.0345.